The smallest absolute Gasteiger partial charge is 0.191 e. The van der Waals surface area contributed by atoms with Crippen LogP contribution in [-0.2, 0) is 13.1 Å². The van der Waals surface area contributed by atoms with Gasteiger partial charge in [0, 0.05) is 38.6 Å². The van der Waals surface area contributed by atoms with Crippen molar-refractivity contribution in [3.63, 3.8) is 0 Å². The fourth-order valence-electron chi connectivity index (χ4n) is 3.12. The molecule has 1 unspecified atom stereocenters. The number of imidazole rings is 1. The van der Waals surface area contributed by atoms with E-state index in [9.17, 15) is 0 Å². The second kappa shape index (κ2) is 12.8. The molecule has 0 saturated heterocycles. The second-order valence-electron chi connectivity index (χ2n) is 7.72. The Bertz CT molecular complexity index is 723. The number of rotatable bonds is 9. The average molecular weight is 497 g/mol. The van der Waals surface area contributed by atoms with Gasteiger partial charge in [0.1, 0.15) is 5.82 Å². The third-order valence-corrected chi connectivity index (χ3v) is 4.75. The predicted octanol–water partition coefficient (Wildman–Crippen LogP) is 4.74. The maximum atomic E-state index is 4.36. The summed E-state index contributed by atoms with van der Waals surface area (Å²) >= 11 is 0. The third-order valence-electron chi connectivity index (χ3n) is 4.75. The third kappa shape index (κ3) is 8.63. The number of nitrogens with one attached hydrogen (secondary N) is 2. The van der Waals surface area contributed by atoms with Gasteiger partial charge in [-0.2, -0.15) is 0 Å². The van der Waals surface area contributed by atoms with Gasteiger partial charge < -0.3 is 15.2 Å². The molecule has 0 aliphatic heterocycles. The zero-order chi connectivity index (χ0) is 19.6. The molecule has 0 spiro atoms. The molecule has 6 heteroatoms. The van der Waals surface area contributed by atoms with Crippen LogP contribution in [-0.4, -0.2) is 28.6 Å². The molecule has 1 atom stereocenters. The van der Waals surface area contributed by atoms with E-state index in [4.69, 9.17) is 0 Å². The van der Waals surface area contributed by atoms with E-state index in [1.54, 1.807) is 0 Å². The van der Waals surface area contributed by atoms with Gasteiger partial charge in [-0.1, -0.05) is 51.0 Å². The van der Waals surface area contributed by atoms with Crippen molar-refractivity contribution in [1.29, 1.82) is 0 Å². The highest BCUT2D eigenvalue weighted by molar-refractivity contribution is 14.0. The molecule has 28 heavy (non-hydrogen) atoms. The van der Waals surface area contributed by atoms with Crippen LogP contribution in [0.4, 0.5) is 0 Å². The summed E-state index contributed by atoms with van der Waals surface area (Å²) in [5, 5.41) is 6.93. The molecular weight excluding hydrogens is 461 g/mol. The molecule has 0 saturated carbocycles. The lowest BCUT2D eigenvalue weighted by Gasteiger charge is -2.18. The summed E-state index contributed by atoms with van der Waals surface area (Å²) in [6.07, 6.45) is 7.56. The Morgan fingerprint density at radius 2 is 1.93 bits per heavy atom. The van der Waals surface area contributed by atoms with E-state index in [0.29, 0.717) is 6.04 Å². The van der Waals surface area contributed by atoms with Crippen molar-refractivity contribution in [3.05, 3.63) is 53.6 Å². The Morgan fingerprint density at radius 3 is 2.57 bits per heavy atom. The van der Waals surface area contributed by atoms with Crippen molar-refractivity contribution in [3.8, 4) is 0 Å². The number of guanidine groups is 1. The van der Waals surface area contributed by atoms with Gasteiger partial charge in [0.05, 0.1) is 0 Å². The molecule has 1 aromatic heterocycles. The van der Waals surface area contributed by atoms with Gasteiger partial charge in [-0.3, -0.25) is 4.99 Å². The highest BCUT2D eigenvalue weighted by Gasteiger charge is 2.06. The molecule has 0 bridgehead atoms. The Morgan fingerprint density at radius 1 is 1.18 bits per heavy atom. The molecule has 0 radical (unpaired) electrons. The molecule has 0 fully saturated rings. The van der Waals surface area contributed by atoms with Crippen molar-refractivity contribution in [1.82, 2.24) is 20.2 Å². The zero-order valence-electron chi connectivity index (χ0n) is 17.9. The Labute approximate surface area is 187 Å². The van der Waals surface area contributed by atoms with Crippen LogP contribution < -0.4 is 10.6 Å². The minimum atomic E-state index is 0. The summed E-state index contributed by atoms with van der Waals surface area (Å²) < 4.78 is 2.16. The largest absolute Gasteiger partial charge is 0.354 e. The highest BCUT2D eigenvalue weighted by Crippen LogP contribution is 2.10. The molecule has 0 aliphatic rings. The van der Waals surface area contributed by atoms with E-state index in [1.165, 1.54) is 30.4 Å². The van der Waals surface area contributed by atoms with Gasteiger partial charge in [-0.15, -0.1) is 24.0 Å². The molecule has 5 nitrogen and oxygen atoms in total. The minimum Gasteiger partial charge on any atom is -0.354 e. The van der Waals surface area contributed by atoms with Gasteiger partial charge in [0.15, 0.2) is 5.96 Å². The number of benzene rings is 1. The standard InChI is InChI=1S/C22H35N5.HI/c1-17(2)8-6-9-18(3)26-22(23-5)25-15-20-10-7-11-21(14-20)16-27-13-12-24-19(27)4;/h7,10-14,17-18H,6,8-9,15-16H2,1-5H3,(H2,23,25,26);1H. The topological polar surface area (TPSA) is 54.2 Å². The van der Waals surface area contributed by atoms with E-state index in [-0.39, 0.29) is 24.0 Å². The lowest BCUT2D eigenvalue weighted by atomic mass is 10.0. The molecular formula is C22H36IN5. The quantitative estimate of drug-likeness (QED) is 0.299. The molecule has 0 amide bonds. The highest BCUT2D eigenvalue weighted by atomic mass is 127. The zero-order valence-corrected chi connectivity index (χ0v) is 20.2. The van der Waals surface area contributed by atoms with Crippen molar-refractivity contribution in [2.45, 2.75) is 66.1 Å². The van der Waals surface area contributed by atoms with Gasteiger partial charge in [-0.05, 0) is 37.3 Å². The first-order valence-electron chi connectivity index (χ1n) is 10.0. The first-order valence-corrected chi connectivity index (χ1v) is 10.0. The Kier molecular flexibility index (Phi) is 11.2. The van der Waals surface area contributed by atoms with E-state index in [2.05, 4.69) is 70.2 Å². The van der Waals surface area contributed by atoms with Crippen LogP contribution in [0.5, 0.6) is 0 Å². The molecule has 2 rings (SSSR count). The van der Waals surface area contributed by atoms with Gasteiger partial charge in [-0.25, -0.2) is 4.98 Å². The monoisotopic (exact) mass is 497 g/mol. The van der Waals surface area contributed by atoms with Crippen molar-refractivity contribution >= 4 is 29.9 Å². The van der Waals surface area contributed by atoms with Crippen LogP contribution in [0.3, 0.4) is 0 Å². The van der Waals surface area contributed by atoms with Crippen LogP contribution in [0.25, 0.3) is 0 Å². The lowest BCUT2D eigenvalue weighted by Crippen LogP contribution is -2.41. The predicted molar refractivity (Wildman–Crippen MR) is 129 cm³/mol. The Hall–Kier alpha value is -1.57. The van der Waals surface area contributed by atoms with E-state index >= 15 is 0 Å². The van der Waals surface area contributed by atoms with Crippen molar-refractivity contribution in [2.24, 2.45) is 10.9 Å². The summed E-state index contributed by atoms with van der Waals surface area (Å²) in [5.74, 6) is 2.67. The summed E-state index contributed by atoms with van der Waals surface area (Å²) in [6, 6.07) is 9.09. The number of halogens is 1. The first kappa shape index (κ1) is 24.5. The molecule has 0 aliphatic carbocycles. The maximum Gasteiger partial charge on any atom is 0.191 e. The van der Waals surface area contributed by atoms with Crippen LogP contribution in [0.15, 0.2) is 41.7 Å². The summed E-state index contributed by atoms with van der Waals surface area (Å²) in [5.41, 5.74) is 2.53. The fourth-order valence-corrected chi connectivity index (χ4v) is 3.12. The number of aromatic nitrogens is 2. The average Bonchev–Trinajstić information content (AvgIpc) is 3.03. The van der Waals surface area contributed by atoms with Crippen LogP contribution >= 0.6 is 24.0 Å². The molecule has 2 aromatic rings. The fraction of sp³-hybridized carbons (Fsp3) is 0.545. The van der Waals surface area contributed by atoms with E-state index in [1.807, 2.05) is 26.4 Å². The van der Waals surface area contributed by atoms with Crippen LogP contribution in [0.2, 0.25) is 0 Å². The van der Waals surface area contributed by atoms with Crippen molar-refractivity contribution < 1.29 is 0 Å². The molecule has 1 aromatic carbocycles. The minimum absolute atomic E-state index is 0. The number of aliphatic imine (C=N–C) groups is 1. The summed E-state index contributed by atoms with van der Waals surface area (Å²) in [6.45, 7) is 10.4. The van der Waals surface area contributed by atoms with Crippen molar-refractivity contribution in [2.75, 3.05) is 7.05 Å². The lowest BCUT2D eigenvalue weighted by molar-refractivity contribution is 0.491. The number of hydrogen-bond donors (Lipinski definition) is 2. The first-order chi connectivity index (χ1) is 13.0. The number of nitrogens with zero attached hydrogens (tertiary/aromatic N) is 3. The van der Waals surface area contributed by atoms with Crippen LogP contribution in [0.1, 0.15) is 57.0 Å². The molecule has 1 heterocycles. The number of aryl methyl sites for hydroxylation is 1. The molecule has 2 N–H and O–H groups in total. The van der Waals surface area contributed by atoms with Gasteiger partial charge in [0.2, 0.25) is 0 Å². The van der Waals surface area contributed by atoms with Gasteiger partial charge >= 0.3 is 0 Å². The van der Waals surface area contributed by atoms with Crippen LogP contribution in [0, 0.1) is 12.8 Å². The normalized spacial score (nSPS) is 12.6. The summed E-state index contributed by atoms with van der Waals surface area (Å²) in [4.78, 5) is 8.65. The second-order valence-corrected chi connectivity index (χ2v) is 7.72. The van der Waals surface area contributed by atoms with E-state index in [0.717, 1.165) is 30.8 Å². The Balaban J connectivity index is 0.00000392. The number of hydrogen-bond acceptors (Lipinski definition) is 2. The van der Waals surface area contributed by atoms with Gasteiger partial charge in [0.25, 0.3) is 0 Å². The molecule has 156 valence electrons. The van der Waals surface area contributed by atoms with E-state index < -0.39 is 0 Å². The maximum absolute atomic E-state index is 4.36. The SMILES string of the molecule is CN=C(NCc1cccc(Cn2ccnc2C)c1)NC(C)CCCC(C)C.I. The summed E-state index contributed by atoms with van der Waals surface area (Å²) in [7, 11) is 1.83.